The van der Waals surface area contributed by atoms with E-state index in [2.05, 4.69) is 15.3 Å². The van der Waals surface area contributed by atoms with Crippen LogP contribution in [-0.4, -0.2) is 49.2 Å². The molecule has 1 atom stereocenters. The molecular weight excluding hydrogens is 336 g/mol. The van der Waals surface area contributed by atoms with Crippen molar-refractivity contribution < 1.29 is 19.2 Å². The Kier molecular flexibility index (Phi) is 6.57. The van der Waals surface area contributed by atoms with Gasteiger partial charge in [-0.2, -0.15) is 0 Å². The lowest BCUT2D eigenvalue weighted by atomic mass is 10.2. The number of carbonyl (C=O) groups excluding carboxylic acids is 1. The van der Waals surface area contributed by atoms with Gasteiger partial charge in [0.05, 0.1) is 31.7 Å². The van der Waals surface area contributed by atoms with Crippen LogP contribution < -0.4 is 25.2 Å². The van der Waals surface area contributed by atoms with Crippen molar-refractivity contribution in [1.29, 1.82) is 0 Å². The summed E-state index contributed by atoms with van der Waals surface area (Å²) in [4.78, 5) is 32.8. The Hall–Kier alpha value is -2.61. The summed E-state index contributed by atoms with van der Waals surface area (Å²) in [5, 5.41) is 3.31. The summed E-state index contributed by atoms with van der Waals surface area (Å²) in [6.07, 6.45) is 0. The van der Waals surface area contributed by atoms with E-state index in [0.717, 1.165) is 11.4 Å². The number of hydrogen-bond donors (Lipinski definition) is 3. The van der Waals surface area contributed by atoms with Gasteiger partial charge in [0.1, 0.15) is 6.54 Å². The number of nitrogens with zero attached hydrogens (tertiary/aromatic N) is 1. The van der Waals surface area contributed by atoms with E-state index in [9.17, 15) is 9.59 Å². The fourth-order valence-electron chi connectivity index (χ4n) is 2.75. The van der Waals surface area contributed by atoms with Crippen molar-refractivity contribution in [1.82, 2.24) is 15.3 Å². The Balaban J connectivity index is 2.29. The minimum absolute atomic E-state index is 0.0219. The number of fused-ring (bicyclic) bond motifs is 1. The normalized spacial score (nSPS) is 12.2. The predicted molar refractivity (Wildman–Crippen MR) is 98.8 cm³/mol. The number of methoxy groups -OCH3 is 2. The third-order valence-corrected chi connectivity index (χ3v) is 4.04. The van der Waals surface area contributed by atoms with E-state index in [1.807, 2.05) is 20.8 Å². The molecular formula is C18H27N4O4+. The van der Waals surface area contributed by atoms with Gasteiger partial charge >= 0.3 is 0 Å². The number of quaternary nitrogens is 1. The van der Waals surface area contributed by atoms with E-state index in [1.54, 1.807) is 12.1 Å². The highest BCUT2D eigenvalue weighted by Gasteiger charge is 2.17. The number of ether oxygens (including phenoxy) is 2. The molecule has 3 N–H and O–H groups in total. The monoisotopic (exact) mass is 363 g/mol. The Morgan fingerprint density at radius 3 is 2.50 bits per heavy atom. The molecule has 1 amide bonds. The third kappa shape index (κ3) is 4.72. The average Bonchev–Trinajstić information content (AvgIpc) is 2.59. The minimum Gasteiger partial charge on any atom is -0.493 e. The fraction of sp³-hybridized carbons (Fsp3) is 0.500. The van der Waals surface area contributed by atoms with Crippen LogP contribution in [0.25, 0.3) is 10.9 Å². The van der Waals surface area contributed by atoms with Crippen LogP contribution in [0.5, 0.6) is 11.5 Å². The second kappa shape index (κ2) is 8.66. The summed E-state index contributed by atoms with van der Waals surface area (Å²) in [5.41, 5.74) is 0.288. The van der Waals surface area contributed by atoms with Gasteiger partial charge in [0.25, 0.3) is 11.5 Å². The molecule has 8 nitrogen and oxygen atoms in total. The summed E-state index contributed by atoms with van der Waals surface area (Å²) in [7, 11) is 3.05. The van der Waals surface area contributed by atoms with E-state index in [-0.39, 0.29) is 17.5 Å². The number of hydrogen-bond acceptors (Lipinski definition) is 5. The van der Waals surface area contributed by atoms with Crippen LogP contribution in [-0.2, 0) is 11.3 Å². The standard InChI is InChI=1S/C18H26N4O4/c1-6-22(10-17(23)19-11(2)3)9-16-20-13-8-15(26-5)14(25-4)7-12(13)18(24)21-16/h7-8,11H,6,9-10H2,1-5H3,(H,19,23)(H,20,21,24)/p+1. The molecule has 2 rings (SSSR count). The van der Waals surface area contributed by atoms with Crippen LogP contribution >= 0.6 is 0 Å². The Bertz CT molecular complexity index is 832. The second-order valence-corrected chi connectivity index (χ2v) is 6.42. The van der Waals surface area contributed by atoms with Gasteiger partial charge in [-0.25, -0.2) is 4.98 Å². The number of likely N-dealkylation sites (N-methyl/N-ethyl adjacent to an activating group) is 1. The lowest BCUT2D eigenvalue weighted by Crippen LogP contribution is -3.11. The number of H-pyrrole nitrogens is 1. The summed E-state index contributed by atoms with van der Waals surface area (Å²) in [5.74, 6) is 1.50. The van der Waals surface area contributed by atoms with Crippen molar-refractivity contribution in [2.75, 3.05) is 27.3 Å². The number of amides is 1. The van der Waals surface area contributed by atoms with Crippen molar-refractivity contribution >= 4 is 16.8 Å². The molecule has 0 saturated heterocycles. The van der Waals surface area contributed by atoms with Crippen LogP contribution in [0.15, 0.2) is 16.9 Å². The Morgan fingerprint density at radius 1 is 1.27 bits per heavy atom. The van der Waals surface area contributed by atoms with Crippen molar-refractivity contribution in [3.63, 3.8) is 0 Å². The third-order valence-electron chi connectivity index (χ3n) is 4.04. The summed E-state index contributed by atoms with van der Waals surface area (Å²) in [6, 6.07) is 3.40. The summed E-state index contributed by atoms with van der Waals surface area (Å²) >= 11 is 0. The highest BCUT2D eigenvalue weighted by molar-refractivity contribution is 5.81. The molecule has 0 fully saturated rings. The molecule has 1 unspecified atom stereocenters. The topological polar surface area (TPSA) is 97.8 Å². The Morgan fingerprint density at radius 2 is 1.92 bits per heavy atom. The number of nitrogens with one attached hydrogen (secondary N) is 3. The lowest BCUT2D eigenvalue weighted by Gasteiger charge is -2.18. The molecule has 0 aliphatic carbocycles. The maximum atomic E-state index is 12.4. The van der Waals surface area contributed by atoms with Gasteiger partial charge < -0.3 is 24.7 Å². The quantitative estimate of drug-likeness (QED) is 0.607. The van der Waals surface area contributed by atoms with Crippen molar-refractivity contribution in [2.45, 2.75) is 33.4 Å². The van der Waals surface area contributed by atoms with Gasteiger partial charge in [-0.1, -0.05) is 0 Å². The highest BCUT2D eigenvalue weighted by atomic mass is 16.5. The van der Waals surface area contributed by atoms with E-state index in [1.165, 1.54) is 14.2 Å². The first-order valence-electron chi connectivity index (χ1n) is 8.65. The van der Waals surface area contributed by atoms with E-state index >= 15 is 0 Å². The molecule has 2 aromatic rings. The summed E-state index contributed by atoms with van der Waals surface area (Å²) in [6.45, 7) is 7.34. The van der Waals surface area contributed by atoms with Gasteiger partial charge in [0.15, 0.2) is 23.9 Å². The van der Waals surface area contributed by atoms with Gasteiger partial charge in [0, 0.05) is 12.1 Å². The zero-order chi connectivity index (χ0) is 19.3. The molecule has 0 spiro atoms. The van der Waals surface area contributed by atoms with Crippen LogP contribution in [0.3, 0.4) is 0 Å². The first-order chi connectivity index (χ1) is 12.4. The minimum atomic E-state index is -0.243. The van der Waals surface area contributed by atoms with Crippen LogP contribution in [0.1, 0.15) is 26.6 Å². The van der Waals surface area contributed by atoms with E-state index in [4.69, 9.17) is 9.47 Å². The molecule has 1 aromatic heterocycles. The first kappa shape index (κ1) is 19.7. The molecule has 0 saturated carbocycles. The zero-order valence-electron chi connectivity index (χ0n) is 15.9. The molecule has 1 heterocycles. The Labute approximate surface area is 152 Å². The smallest absolute Gasteiger partial charge is 0.275 e. The molecule has 26 heavy (non-hydrogen) atoms. The zero-order valence-corrected chi connectivity index (χ0v) is 15.9. The molecule has 1 aromatic carbocycles. The molecule has 0 radical (unpaired) electrons. The van der Waals surface area contributed by atoms with E-state index in [0.29, 0.717) is 41.3 Å². The van der Waals surface area contributed by atoms with Crippen molar-refractivity contribution in [3.05, 3.63) is 28.3 Å². The SMILES string of the molecule is CC[NH+](CC(=O)NC(C)C)Cc1nc2cc(OC)c(OC)cc2c(=O)[nH]1. The van der Waals surface area contributed by atoms with Crippen molar-refractivity contribution in [2.24, 2.45) is 0 Å². The number of benzene rings is 1. The average molecular weight is 363 g/mol. The van der Waals surface area contributed by atoms with Crippen molar-refractivity contribution in [3.8, 4) is 11.5 Å². The van der Waals surface area contributed by atoms with Gasteiger partial charge in [-0.05, 0) is 26.8 Å². The number of aromatic amines is 1. The number of rotatable bonds is 8. The van der Waals surface area contributed by atoms with Crippen LogP contribution in [0, 0.1) is 0 Å². The predicted octanol–water partition coefficient (Wildman–Crippen LogP) is -0.130. The maximum Gasteiger partial charge on any atom is 0.275 e. The highest BCUT2D eigenvalue weighted by Crippen LogP contribution is 2.29. The van der Waals surface area contributed by atoms with Crippen LogP contribution in [0.4, 0.5) is 0 Å². The van der Waals surface area contributed by atoms with Crippen LogP contribution in [0.2, 0.25) is 0 Å². The number of carbonyl (C=O) groups is 1. The number of aromatic nitrogens is 2. The molecule has 142 valence electrons. The van der Waals surface area contributed by atoms with E-state index < -0.39 is 0 Å². The first-order valence-corrected chi connectivity index (χ1v) is 8.65. The lowest BCUT2D eigenvalue weighted by molar-refractivity contribution is -0.904. The largest absolute Gasteiger partial charge is 0.493 e. The fourth-order valence-corrected chi connectivity index (χ4v) is 2.75. The molecule has 0 bridgehead atoms. The van der Waals surface area contributed by atoms with Gasteiger partial charge in [-0.15, -0.1) is 0 Å². The molecule has 0 aliphatic heterocycles. The molecule has 0 aliphatic rings. The maximum absolute atomic E-state index is 12.4. The van der Waals surface area contributed by atoms with Gasteiger partial charge in [0.2, 0.25) is 0 Å². The van der Waals surface area contributed by atoms with Gasteiger partial charge in [-0.3, -0.25) is 9.59 Å². The molecule has 8 heteroatoms. The summed E-state index contributed by atoms with van der Waals surface area (Å²) < 4.78 is 10.5. The second-order valence-electron chi connectivity index (χ2n) is 6.42.